The van der Waals surface area contributed by atoms with E-state index in [0.717, 1.165) is 5.56 Å². The number of ether oxygens (including phenoxy) is 1. The third-order valence-corrected chi connectivity index (χ3v) is 2.18. The summed E-state index contributed by atoms with van der Waals surface area (Å²) in [6, 6.07) is 7.30. The minimum absolute atomic E-state index is 0.103. The summed E-state index contributed by atoms with van der Waals surface area (Å²) >= 11 is 0. The van der Waals surface area contributed by atoms with E-state index >= 15 is 0 Å². The van der Waals surface area contributed by atoms with Crippen LogP contribution in [0.25, 0.3) is 0 Å². The Balaban J connectivity index is 2.66. The van der Waals surface area contributed by atoms with Crippen LogP contribution in [0.5, 0.6) is 0 Å². The largest absolute Gasteiger partial charge is 0.456 e. The van der Waals surface area contributed by atoms with Crippen LogP contribution >= 0.6 is 0 Å². The van der Waals surface area contributed by atoms with Crippen molar-refractivity contribution < 1.29 is 14.6 Å². The summed E-state index contributed by atoms with van der Waals surface area (Å²) in [7, 11) is 0. The molecule has 4 heteroatoms. The molecular weight excluding hydrogens is 230 g/mol. The number of nitrogens with one attached hydrogen (secondary N) is 1. The van der Waals surface area contributed by atoms with Gasteiger partial charge < -0.3 is 15.2 Å². The summed E-state index contributed by atoms with van der Waals surface area (Å²) in [5.41, 5.74) is 1.06. The van der Waals surface area contributed by atoms with Crippen LogP contribution in [0.3, 0.4) is 0 Å². The maximum Gasteiger partial charge on any atom is 0.338 e. The molecule has 4 nitrogen and oxygen atoms in total. The molecule has 0 saturated carbocycles. The fraction of sp³-hybridized carbons (Fsp3) is 0.500. The summed E-state index contributed by atoms with van der Waals surface area (Å²) in [5, 5.41) is 11.7. The molecule has 0 aliphatic heterocycles. The summed E-state index contributed by atoms with van der Waals surface area (Å²) in [6.45, 7) is 6.80. The second-order valence-electron chi connectivity index (χ2n) is 5.10. The molecule has 1 aromatic carbocycles. The van der Waals surface area contributed by atoms with Gasteiger partial charge >= 0.3 is 5.97 Å². The van der Waals surface area contributed by atoms with Crippen molar-refractivity contribution in [1.29, 1.82) is 0 Å². The Kier molecular flexibility index (Phi) is 5.31. The SMILES string of the molecule is CC(C)(C)OC(=O)c1cccc(CNCCO)c1. The molecule has 0 aliphatic rings. The summed E-state index contributed by atoms with van der Waals surface area (Å²) in [5.74, 6) is -0.313. The molecule has 0 spiro atoms. The van der Waals surface area contributed by atoms with E-state index in [4.69, 9.17) is 9.84 Å². The highest BCUT2D eigenvalue weighted by atomic mass is 16.6. The van der Waals surface area contributed by atoms with Crippen molar-refractivity contribution in [1.82, 2.24) is 5.32 Å². The van der Waals surface area contributed by atoms with Crippen LogP contribution < -0.4 is 5.32 Å². The van der Waals surface area contributed by atoms with Gasteiger partial charge in [-0.3, -0.25) is 0 Å². The first-order chi connectivity index (χ1) is 8.42. The van der Waals surface area contributed by atoms with Crippen molar-refractivity contribution in [2.45, 2.75) is 32.9 Å². The van der Waals surface area contributed by atoms with E-state index in [2.05, 4.69) is 5.32 Å². The lowest BCUT2D eigenvalue weighted by Gasteiger charge is -2.19. The molecule has 0 bridgehead atoms. The van der Waals surface area contributed by atoms with Gasteiger partial charge in [-0.25, -0.2) is 4.79 Å². The normalized spacial score (nSPS) is 11.3. The molecule has 0 aromatic heterocycles. The molecule has 100 valence electrons. The van der Waals surface area contributed by atoms with Gasteiger partial charge in [0.2, 0.25) is 0 Å². The highest BCUT2D eigenvalue weighted by molar-refractivity contribution is 5.89. The number of hydrogen-bond donors (Lipinski definition) is 2. The average Bonchev–Trinajstić information content (AvgIpc) is 2.27. The highest BCUT2D eigenvalue weighted by Gasteiger charge is 2.17. The zero-order valence-electron chi connectivity index (χ0n) is 11.2. The Morgan fingerprint density at radius 1 is 1.39 bits per heavy atom. The van der Waals surface area contributed by atoms with Crippen LogP contribution in [-0.2, 0) is 11.3 Å². The van der Waals surface area contributed by atoms with Gasteiger partial charge in [-0.1, -0.05) is 12.1 Å². The molecule has 0 unspecified atom stereocenters. The summed E-state index contributed by atoms with van der Waals surface area (Å²) < 4.78 is 5.31. The quantitative estimate of drug-likeness (QED) is 0.618. The van der Waals surface area contributed by atoms with Crippen LogP contribution in [-0.4, -0.2) is 29.8 Å². The maximum atomic E-state index is 11.9. The lowest BCUT2D eigenvalue weighted by Crippen LogP contribution is -2.24. The van der Waals surface area contributed by atoms with Crippen molar-refractivity contribution in [2.75, 3.05) is 13.2 Å². The zero-order valence-corrected chi connectivity index (χ0v) is 11.2. The number of aliphatic hydroxyl groups is 1. The third-order valence-electron chi connectivity index (χ3n) is 2.18. The van der Waals surface area contributed by atoms with E-state index < -0.39 is 5.60 Å². The molecule has 0 aliphatic carbocycles. The van der Waals surface area contributed by atoms with Crippen LogP contribution in [0.1, 0.15) is 36.7 Å². The fourth-order valence-electron chi connectivity index (χ4n) is 1.46. The fourth-order valence-corrected chi connectivity index (χ4v) is 1.46. The van der Waals surface area contributed by atoms with Crippen LogP contribution in [0, 0.1) is 0 Å². The van der Waals surface area contributed by atoms with Gasteiger partial charge in [0.05, 0.1) is 12.2 Å². The van der Waals surface area contributed by atoms with Crippen molar-refractivity contribution >= 4 is 5.97 Å². The van der Waals surface area contributed by atoms with Crippen molar-refractivity contribution in [2.24, 2.45) is 0 Å². The van der Waals surface area contributed by atoms with Crippen LogP contribution in [0.2, 0.25) is 0 Å². The van der Waals surface area contributed by atoms with Gasteiger partial charge in [0.15, 0.2) is 0 Å². The number of aliphatic hydroxyl groups excluding tert-OH is 1. The molecular formula is C14H21NO3. The smallest absolute Gasteiger partial charge is 0.338 e. The van der Waals surface area contributed by atoms with Crippen LogP contribution in [0.15, 0.2) is 24.3 Å². The first-order valence-corrected chi connectivity index (χ1v) is 6.06. The minimum atomic E-state index is -0.484. The molecule has 18 heavy (non-hydrogen) atoms. The van der Waals surface area contributed by atoms with E-state index in [9.17, 15) is 4.79 Å². The molecule has 1 rings (SSSR count). The summed E-state index contributed by atoms with van der Waals surface area (Å²) in [4.78, 5) is 11.9. The number of hydrogen-bond acceptors (Lipinski definition) is 4. The molecule has 0 amide bonds. The monoisotopic (exact) mass is 251 g/mol. The predicted molar refractivity (Wildman–Crippen MR) is 70.4 cm³/mol. The van der Waals surface area contributed by atoms with E-state index in [1.807, 2.05) is 32.9 Å². The van der Waals surface area contributed by atoms with Gasteiger partial charge in [0.25, 0.3) is 0 Å². The molecule has 2 N–H and O–H groups in total. The Labute approximate surface area is 108 Å². The van der Waals surface area contributed by atoms with E-state index in [-0.39, 0.29) is 12.6 Å². The maximum absolute atomic E-state index is 11.9. The number of rotatable bonds is 5. The zero-order chi connectivity index (χ0) is 13.6. The topological polar surface area (TPSA) is 58.6 Å². The van der Waals surface area contributed by atoms with Crippen molar-refractivity contribution in [3.63, 3.8) is 0 Å². The molecule has 0 saturated heterocycles. The molecule has 0 fully saturated rings. The molecule has 1 aromatic rings. The standard InChI is InChI=1S/C14H21NO3/c1-14(2,3)18-13(17)12-6-4-5-11(9-12)10-15-7-8-16/h4-6,9,15-16H,7-8,10H2,1-3H3. The van der Waals surface area contributed by atoms with Gasteiger partial charge in [-0.15, -0.1) is 0 Å². The number of carbonyl (C=O) groups excluding carboxylic acids is 1. The van der Waals surface area contributed by atoms with Gasteiger partial charge in [-0.2, -0.15) is 0 Å². The summed E-state index contributed by atoms with van der Waals surface area (Å²) in [6.07, 6.45) is 0. The Hall–Kier alpha value is -1.39. The Morgan fingerprint density at radius 2 is 2.11 bits per heavy atom. The second-order valence-corrected chi connectivity index (χ2v) is 5.10. The first kappa shape index (κ1) is 14.7. The van der Waals surface area contributed by atoms with E-state index in [1.54, 1.807) is 12.1 Å². The number of carbonyl (C=O) groups is 1. The molecule has 0 atom stereocenters. The first-order valence-electron chi connectivity index (χ1n) is 6.06. The number of benzene rings is 1. The second kappa shape index (κ2) is 6.52. The third kappa shape index (κ3) is 5.29. The highest BCUT2D eigenvalue weighted by Crippen LogP contribution is 2.13. The number of esters is 1. The average molecular weight is 251 g/mol. The minimum Gasteiger partial charge on any atom is -0.456 e. The van der Waals surface area contributed by atoms with Crippen molar-refractivity contribution in [3.8, 4) is 0 Å². The van der Waals surface area contributed by atoms with Gasteiger partial charge in [0.1, 0.15) is 5.60 Å². The Bertz CT molecular complexity index is 396. The lowest BCUT2D eigenvalue weighted by molar-refractivity contribution is 0.00694. The predicted octanol–water partition coefficient (Wildman–Crippen LogP) is 1.72. The van der Waals surface area contributed by atoms with Crippen LogP contribution in [0.4, 0.5) is 0 Å². The molecule has 0 heterocycles. The lowest BCUT2D eigenvalue weighted by atomic mass is 10.1. The van der Waals surface area contributed by atoms with Gasteiger partial charge in [-0.05, 0) is 38.5 Å². The van der Waals surface area contributed by atoms with E-state index in [1.165, 1.54) is 0 Å². The van der Waals surface area contributed by atoms with E-state index in [0.29, 0.717) is 18.7 Å². The van der Waals surface area contributed by atoms with Crippen molar-refractivity contribution in [3.05, 3.63) is 35.4 Å². The molecule has 0 radical (unpaired) electrons. The van der Waals surface area contributed by atoms with Gasteiger partial charge in [0, 0.05) is 13.1 Å². The Morgan fingerprint density at radius 3 is 2.72 bits per heavy atom.